The Hall–Kier alpha value is -1.68. The van der Waals surface area contributed by atoms with E-state index in [1.165, 1.54) is 0 Å². The molecule has 1 aliphatic rings. The van der Waals surface area contributed by atoms with Gasteiger partial charge < -0.3 is 5.73 Å². The number of carbonyl (C=O) groups is 2. The van der Waals surface area contributed by atoms with Gasteiger partial charge in [-0.1, -0.05) is 58.0 Å². The van der Waals surface area contributed by atoms with Crippen LogP contribution in [0.25, 0.3) is 0 Å². The molecule has 1 aromatic rings. The van der Waals surface area contributed by atoms with Gasteiger partial charge in [-0.3, -0.25) is 14.9 Å². The molecule has 0 aliphatic heterocycles. The van der Waals surface area contributed by atoms with E-state index in [0.717, 1.165) is 0 Å². The number of hydrogen-bond acceptors (Lipinski definition) is 3. The molecular formula is C16H22N2O2. The lowest BCUT2D eigenvalue weighted by Gasteiger charge is -2.12. The van der Waals surface area contributed by atoms with Gasteiger partial charge >= 0.3 is 0 Å². The van der Waals surface area contributed by atoms with E-state index in [9.17, 15) is 9.59 Å². The SMILES string of the molecule is CC1(C)C(C(=O)NC(=O)C(N)c2ccccc2)C1(C)C. The lowest BCUT2D eigenvalue weighted by molar-refractivity contribution is -0.132. The van der Waals surface area contributed by atoms with Crippen molar-refractivity contribution in [3.8, 4) is 0 Å². The molecule has 2 rings (SSSR count). The van der Waals surface area contributed by atoms with Gasteiger partial charge in [0.2, 0.25) is 11.8 Å². The van der Waals surface area contributed by atoms with Gasteiger partial charge in [0.1, 0.15) is 6.04 Å². The van der Waals surface area contributed by atoms with Crippen LogP contribution in [0.2, 0.25) is 0 Å². The van der Waals surface area contributed by atoms with Crippen LogP contribution < -0.4 is 11.1 Å². The van der Waals surface area contributed by atoms with Crippen LogP contribution in [0, 0.1) is 16.7 Å². The molecule has 0 bridgehead atoms. The number of benzene rings is 1. The summed E-state index contributed by atoms with van der Waals surface area (Å²) in [7, 11) is 0. The zero-order valence-electron chi connectivity index (χ0n) is 12.4. The third-order valence-electron chi connectivity index (χ3n) is 4.97. The molecule has 108 valence electrons. The largest absolute Gasteiger partial charge is 0.316 e. The van der Waals surface area contributed by atoms with E-state index in [1.54, 1.807) is 12.1 Å². The average molecular weight is 274 g/mol. The highest BCUT2D eigenvalue weighted by Gasteiger charge is 2.68. The summed E-state index contributed by atoms with van der Waals surface area (Å²) in [4.78, 5) is 24.2. The molecule has 1 aromatic carbocycles. The fourth-order valence-corrected chi connectivity index (χ4v) is 2.93. The third-order valence-corrected chi connectivity index (χ3v) is 4.97. The summed E-state index contributed by atoms with van der Waals surface area (Å²) in [6.07, 6.45) is 0. The molecule has 2 amide bonds. The highest BCUT2D eigenvalue weighted by molar-refractivity contribution is 6.00. The van der Waals surface area contributed by atoms with E-state index in [1.807, 2.05) is 45.9 Å². The number of rotatable bonds is 3. The molecule has 0 aromatic heterocycles. The van der Waals surface area contributed by atoms with Crippen LogP contribution in [0.4, 0.5) is 0 Å². The van der Waals surface area contributed by atoms with E-state index in [0.29, 0.717) is 5.56 Å². The highest BCUT2D eigenvalue weighted by Crippen LogP contribution is 2.68. The molecule has 1 saturated carbocycles. The number of imide groups is 1. The van der Waals surface area contributed by atoms with Crippen LogP contribution in [0.3, 0.4) is 0 Å². The summed E-state index contributed by atoms with van der Waals surface area (Å²) in [6.45, 7) is 8.16. The van der Waals surface area contributed by atoms with Crippen molar-refractivity contribution in [3.63, 3.8) is 0 Å². The standard InChI is InChI=1S/C16H22N2O2/c1-15(2)12(16(15,3)4)14(20)18-13(19)11(17)10-8-6-5-7-9-10/h5-9,11-12H,17H2,1-4H3,(H,18,19,20). The van der Waals surface area contributed by atoms with E-state index in [2.05, 4.69) is 5.32 Å². The predicted molar refractivity (Wildman–Crippen MR) is 77.6 cm³/mol. The molecular weight excluding hydrogens is 252 g/mol. The molecule has 0 heterocycles. The van der Waals surface area contributed by atoms with Gasteiger partial charge in [0, 0.05) is 5.92 Å². The Morgan fingerprint density at radius 2 is 1.60 bits per heavy atom. The summed E-state index contributed by atoms with van der Waals surface area (Å²) in [5.74, 6) is -0.821. The smallest absolute Gasteiger partial charge is 0.248 e. The molecule has 1 unspecified atom stereocenters. The van der Waals surface area contributed by atoms with Crippen molar-refractivity contribution in [2.24, 2.45) is 22.5 Å². The zero-order chi connectivity index (χ0) is 15.1. The number of hydrogen-bond donors (Lipinski definition) is 2. The van der Waals surface area contributed by atoms with Crippen molar-refractivity contribution in [2.75, 3.05) is 0 Å². The minimum atomic E-state index is -0.815. The van der Waals surface area contributed by atoms with Crippen LogP contribution >= 0.6 is 0 Å². The summed E-state index contributed by atoms with van der Waals surface area (Å²) >= 11 is 0. The Balaban J connectivity index is 2.01. The second-order valence-corrected chi connectivity index (χ2v) is 6.62. The Labute approximate surface area is 119 Å². The van der Waals surface area contributed by atoms with Gasteiger partial charge in [0.05, 0.1) is 0 Å². The quantitative estimate of drug-likeness (QED) is 0.885. The molecule has 0 spiro atoms. The molecule has 1 fully saturated rings. The highest BCUT2D eigenvalue weighted by atomic mass is 16.2. The Kier molecular flexibility index (Phi) is 3.46. The van der Waals surface area contributed by atoms with Crippen LogP contribution in [-0.4, -0.2) is 11.8 Å². The number of amides is 2. The van der Waals surface area contributed by atoms with E-state index < -0.39 is 11.9 Å². The normalized spacial score (nSPS) is 21.1. The maximum atomic E-state index is 12.2. The molecule has 3 N–H and O–H groups in total. The van der Waals surface area contributed by atoms with Gasteiger partial charge in [-0.05, 0) is 16.4 Å². The molecule has 1 atom stereocenters. The molecule has 0 saturated heterocycles. The average Bonchev–Trinajstić information content (AvgIpc) is 2.79. The van der Waals surface area contributed by atoms with Gasteiger partial charge in [0.15, 0.2) is 0 Å². The van der Waals surface area contributed by atoms with Crippen molar-refractivity contribution in [3.05, 3.63) is 35.9 Å². The minimum Gasteiger partial charge on any atom is -0.316 e. The maximum Gasteiger partial charge on any atom is 0.248 e. The first-order valence-electron chi connectivity index (χ1n) is 6.85. The molecule has 20 heavy (non-hydrogen) atoms. The van der Waals surface area contributed by atoms with E-state index >= 15 is 0 Å². The van der Waals surface area contributed by atoms with Crippen molar-refractivity contribution < 1.29 is 9.59 Å². The first-order valence-corrected chi connectivity index (χ1v) is 6.85. The predicted octanol–water partition coefficient (Wildman–Crippen LogP) is 2.01. The van der Waals surface area contributed by atoms with Gasteiger partial charge in [-0.2, -0.15) is 0 Å². The summed E-state index contributed by atoms with van der Waals surface area (Å²) in [6, 6.07) is 8.23. The minimum absolute atomic E-state index is 0.0891. The first kappa shape index (κ1) is 14.7. The van der Waals surface area contributed by atoms with Crippen molar-refractivity contribution in [2.45, 2.75) is 33.7 Å². The molecule has 0 radical (unpaired) electrons. The topological polar surface area (TPSA) is 72.2 Å². The number of carbonyl (C=O) groups excluding carboxylic acids is 2. The summed E-state index contributed by atoms with van der Waals surface area (Å²) in [5.41, 5.74) is 6.40. The van der Waals surface area contributed by atoms with E-state index in [-0.39, 0.29) is 22.7 Å². The van der Waals surface area contributed by atoms with Crippen molar-refractivity contribution in [1.29, 1.82) is 0 Å². The Morgan fingerprint density at radius 3 is 2.05 bits per heavy atom. The molecule has 4 heteroatoms. The maximum absolute atomic E-state index is 12.2. The number of nitrogens with two attached hydrogens (primary N) is 1. The van der Waals surface area contributed by atoms with Gasteiger partial charge in [-0.25, -0.2) is 0 Å². The molecule has 4 nitrogen and oxygen atoms in total. The Bertz CT molecular complexity index is 521. The van der Waals surface area contributed by atoms with Crippen LogP contribution in [0.5, 0.6) is 0 Å². The summed E-state index contributed by atoms with van der Waals surface area (Å²) < 4.78 is 0. The lowest BCUT2D eigenvalue weighted by Crippen LogP contribution is -2.39. The summed E-state index contributed by atoms with van der Waals surface area (Å²) in [5, 5.41) is 2.45. The fraction of sp³-hybridized carbons (Fsp3) is 0.500. The van der Waals surface area contributed by atoms with Gasteiger partial charge in [0.25, 0.3) is 0 Å². The lowest BCUT2D eigenvalue weighted by atomic mass is 10.0. The number of nitrogens with one attached hydrogen (secondary N) is 1. The Morgan fingerprint density at radius 1 is 1.10 bits per heavy atom. The van der Waals surface area contributed by atoms with E-state index in [4.69, 9.17) is 5.73 Å². The molecule has 1 aliphatic carbocycles. The van der Waals surface area contributed by atoms with Crippen LogP contribution in [-0.2, 0) is 9.59 Å². The second kappa shape index (κ2) is 4.70. The van der Waals surface area contributed by atoms with Crippen molar-refractivity contribution >= 4 is 11.8 Å². The monoisotopic (exact) mass is 274 g/mol. The van der Waals surface area contributed by atoms with Crippen molar-refractivity contribution in [1.82, 2.24) is 5.32 Å². The zero-order valence-corrected chi connectivity index (χ0v) is 12.4. The van der Waals surface area contributed by atoms with Crippen LogP contribution in [0.1, 0.15) is 39.3 Å². The fourth-order valence-electron chi connectivity index (χ4n) is 2.93. The van der Waals surface area contributed by atoms with Gasteiger partial charge in [-0.15, -0.1) is 0 Å². The second-order valence-electron chi connectivity index (χ2n) is 6.62. The first-order chi connectivity index (χ1) is 9.19. The van der Waals surface area contributed by atoms with Crippen LogP contribution in [0.15, 0.2) is 30.3 Å². The third kappa shape index (κ3) is 2.24.